The highest BCUT2D eigenvalue weighted by molar-refractivity contribution is 7.09. The molecule has 5 nitrogen and oxygen atoms in total. The van der Waals surface area contributed by atoms with Gasteiger partial charge in [-0.3, -0.25) is 9.69 Å². The molecule has 0 spiro atoms. The molecular formula is C18H25N3O2S. The average molecular weight is 347 g/mol. The molecule has 0 unspecified atom stereocenters. The molecule has 1 aromatic carbocycles. The highest BCUT2D eigenvalue weighted by atomic mass is 32.1. The van der Waals surface area contributed by atoms with Gasteiger partial charge < -0.3 is 14.6 Å². The first-order valence-corrected chi connectivity index (χ1v) is 9.24. The minimum Gasteiger partial charge on any atom is -0.496 e. The first-order valence-electron chi connectivity index (χ1n) is 8.42. The molecule has 0 radical (unpaired) electrons. The zero-order chi connectivity index (χ0) is 17.1. The molecule has 2 heterocycles. The zero-order valence-corrected chi connectivity index (χ0v) is 15.4. The number of aryl methyl sites for hydroxylation is 1. The Morgan fingerprint density at radius 2 is 1.92 bits per heavy atom. The first kappa shape index (κ1) is 17.2. The Hall–Kier alpha value is -1.63. The number of nitrogens with zero attached hydrogens (tertiary/aromatic N) is 2. The van der Waals surface area contributed by atoms with Gasteiger partial charge in [0.2, 0.25) is 0 Å². The number of rotatable bonds is 5. The second-order valence-electron chi connectivity index (χ2n) is 6.21. The van der Waals surface area contributed by atoms with Crippen LogP contribution in [0.2, 0.25) is 0 Å². The summed E-state index contributed by atoms with van der Waals surface area (Å²) in [6, 6.07) is 6.06. The molecule has 24 heavy (non-hydrogen) atoms. The lowest BCUT2D eigenvalue weighted by Gasteiger charge is -2.33. The third-order valence-corrected chi connectivity index (χ3v) is 5.55. The van der Waals surface area contributed by atoms with Crippen LogP contribution < -0.4 is 9.61 Å². The number of hydrogen-bond acceptors (Lipinski definition) is 5. The monoisotopic (exact) mass is 347 g/mol. The van der Waals surface area contributed by atoms with Gasteiger partial charge in [0.25, 0.3) is 0 Å². The molecule has 6 heteroatoms. The molecule has 0 saturated carbocycles. The van der Waals surface area contributed by atoms with Crippen molar-refractivity contribution >= 4 is 11.3 Å². The first-order chi connectivity index (χ1) is 11.6. The van der Waals surface area contributed by atoms with Crippen LogP contribution in [0.3, 0.4) is 0 Å². The minimum atomic E-state index is 0.0145. The maximum atomic E-state index is 11.9. The summed E-state index contributed by atoms with van der Waals surface area (Å²) in [5.74, 6) is 0.869. The van der Waals surface area contributed by atoms with E-state index in [4.69, 9.17) is 4.74 Å². The quantitative estimate of drug-likeness (QED) is 0.903. The van der Waals surface area contributed by atoms with Gasteiger partial charge in [-0.25, -0.2) is 0 Å². The summed E-state index contributed by atoms with van der Waals surface area (Å²) in [7, 11) is 1.68. The number of benzene rings is 1. The number of aromatic nitrogens is 1. The van der Waals surface area contributed by atoms with Crippen LogP contribution in [-0.4, -0.2) is 54.6 Å². The molecule has 1 N–H and O–H groups in total. The van der Waals surface area contributed by atoms with E-state index in [0.29, 0.717) is 0 Å². The van der Waals surface area contributed by atoms with Crippen LogP contribution in [0.25, 0.3) is 11.3 Å². The van der Waals surface area contributed by atoms with Crippen LogP contribution in [0.5, 0.6) is 5.75 Å². The van der Waals surface area contributed by atoms with Crippen molar-refractivity contribution in [3.63, 3.8) is 0 Å². The zero-order valence-electron chi connectivity index (χ0n) is 14.6. The number of methoxy groups -OCH3 is 1. The van der Waals surface area contributed by atoms with Crippen molar-refractivity contribution in [2.24, 2.45) is 0 Å². The van der Waals surface area contributed by atoms with Crippen LogP contribution in [0.4, 0.5) is 0 Å². The molecule has 0 bridgehead atoms. The molecule has 2 aromatic rings. The molecule has 1 fully saturated rings. The largest absolute Gasteiger partial charge is 0.496 e. The smallest absolute Gasteiger partial charge is 0.305 e. The van der Waals surface area contributed by atoms with Gasteiger partial charge in [0, 0.05) is 37.6 Å². The third kappa shape index (κ3) is 3.71. The summed E-state index contributed by atoms with van der Waals surface area (Å²) in [6.45, 7) is 10.5. The predicted octanol–water partition coefficient (Wildman–Crippen LogP) is 2.56. The number of aromatic amines is 1. The second-order valence-corrected chi connectivity index (χ2v) is 7.28. The Balaban J connectivity index is 1.81. The van der Waals surface area contributed by atoms with Crippen molar-refractivity contribution in [1.29, 1.82) is 0 Å². The fourth-order valence-corrected chi connectivity index (χ4v) is 4.10. The van der Waals surface area contributed by atoms with E-state index in [-0.39, 0.29) is 4.87 Å². The Labute approximate surface area is 146 Å². The fourth-order valence-electron chi connectivity index (χ4n) is 3.21. The van der Waals surface area contributed by atoms with Gasteiger partial charge >= 0.3 is 4.87 Å². The molecule has 130 valence electrons. The lowest BCUT2D eigenvalue weighted by atomic mass is 10.1. The molecule has 0 atom stereocenters. The van der Waals surface area contributed by atoms with Gasteiger partial charge in [0.15, 0.2) is 0 Å². The highest BCUT2D eigenvalue weighted by Crippen LogP contribution is 2.29. The van der Waals surface area contributed by atoms with Gasteiger partial charge in [-0.05, 0) is 42.8 Å². The normalized spacial score (nSPS) is 16.5. The van der Waals surface area contributed by atoms with Gasteiger partial charge in [0.05, 0.1) is 12.8 Å². The van der Waals surface area contributed by atoms with Crippen molar-refractivity contribution in [3.05, 3.63) is 38.3 Å². The lowest BCUT2D eigenvalue weighted by molar-refractivity contribution is 0.133. The van der Waals surface area contributed by atoms with E-state index in [1.807, 2.05) is 19.1 Å². The average Bonchev–Trinajstić information content (AvgIpc) is 2.96. The second kappa shape index (κ2) is 7.51. The van der Waals surface area contributed by atoms with E-state index in [0.717, 1.165) is 66.7 Å². The predicted molar refractivity (Wildman–Crippen MR) is 99.1 cm³/mol. The summed E-state index contributed by atoms with van der Waals surface area (Å²) < 4.78 is 5.33. The van der Waals surface area contributed by atoms with Crippen LogP contribution in [-0.2, 0) is 6.54 Å². The maximum Gasteiger partial charge on any atom is 0.305 e. The summed E-state index contributed by atoms with van der Waals surface area (Å²) in [5.41, 5.74) is 3.08. The number of ether oxygens (including phenoxy) is 1. The summed E-state index contributed by atoms with van der Waals surface area (Å²) in [4.78, 5) is 21.0. The van der Waals surface area contributed by atoms with Crippen molar-refractivity contribution in [2.45, 2.75) is 20.4 Å². The van der Waals surface area contributed by atoms with Crippen molar-refractivity contribution in [2.75, 3.05) is 39.8 Å². The number of nitrogens with one attached hydrogen (secondary N) is 1. The Bertz CT molecular complexity index is 745. The maximum absolute atomic E-state index is 11.9. The van der Waals surface area contributed by atoms with Crippen LogP contribution in [0.15, 0.2) is 23.0 Å². The van der Waals surface area contributed by atoms with E-state index < -0.39 is 0 Å². The molecular weight excluding hydrogens is 322 g/mol. The number of piperazine rings is 1. The Kier molecular flexibility index (Phi) is 5.38. The Morgan fingerprint density at radius 3 is 2.54 bits per heavy atom. The fraction of sp³-hybridized carbons (Fsp3) is 0.500. The Morgan fingerprint density at radius 1 is 1.21 bits per heavy atom. The lowest BCUT2D eigenvalue weighted by Crippen LogP contribution is -2.45. The van der Waals surface area contributed by atoms with E-state index in [9.17, 15) is 4.79 Å². The van der Waals surface area contributed by atoms with Crippen molar-refractivity contribution in [1.82, 2.24) is 14.8 Å². The van der Waals surface area contributed by atoms with Crippen LogP contribution >= 0.6 is 11.3 Å². The number of H-pyrrole nitrogens is 1. The number of likely N-dealkylation sites (N-methyl/N-ethyl adjacent to an activating group) is 1. The topological polar surface area (TPSA) is 48.6 Å². The highest BCUT2D eigenvalue weighted by Gasteiger charge is 2.19. The molecule has 1 aromatic heterocycles. The van der Waals surface area contributed by atoms with Gasteiger partial charge in [-0.2, -0.15) is 0 Å². The van der Waals surface area contributed by atoms with E-state index in [2.05, 4.69) is 27.8 Å². The van der Waals surface area contributed by atoms with E-state index in [1.54, 1.807) is 7.11 Å². The van der Waals surface area contributed by atoms with Crippen LogP contribution in [0, 0.1) is 6.92 Å². The van der Waals surface area contributed by atoms with Crippen molar-refractivity contribution in [3.8, 4) is 17.0 Å². The standard InChI is InChI=1S/C18H25N3O2S/c1-4-20-7-9-21(10-8-20)12-16-17(19-18(22)24-16)14-5-6-15(23-3)13(2)11-14/h5-6,11H,4,7-10,12H2,1-3H3,(H,19,22). The van der Waals surface area contributed by atoms with Crippen molar-refractivity contribution < 1.29 is 4.74 Å². The molecule has 1 aliphatic rings. The molecule has 1 aliphatic heterocycles. The summed E-state index contributed by atoms with van der Waals surface area (Å²) in [5, 5.41) is 0. The SMILES string of the molecule is CCN1CCN(Cc2sc(=O)[nH]c2-c2ccc(OC)c(C)c2)CC1. The molecule has 3 rings (SSSR count). The van der Waals surface area contributed by atoms with E-state index >= 15 is 0 Å². The molecule has 0 amide bonds. The van der Waals surface area contributed by atoms with Gasteiger partial charge in [-0.1, -0.05) is 18.3 Å². The molecule has 0 aliphatic carbocycles. The molecule has 1 saturated heterocycles. The van der Waals surface area contributed by atoms with Crippen LogP contribution in [0.1, 0.15) is 17.4 Å². The van der Waals surface area contributed by atoms with E-state index in [1.165, 1.54) is 11.3 Å². The van der Waals surface area contributed by atoms with Gasteiger partial charge in [-0.15, -0.1) is 0 Å². The third-order valence-electron chi connectivity index (χ3n) is 4.68. The summed E-state index contributed by atoms with van der Waals surface area (Å²) >= 11 is 1.33. The number of hydrogen-bond donors (Lipinski definition) is 1. The minimum absolute atomic E-state index is 0.0145. The van der Waals surface area contributed by atoms with Gasteiger partial charge in [0.1, 0.15) is 5.75 Å². The summed E-state index contributed by atoms with van der Waals surface area (Å²) in [6.07, 6.45) is 0. The number of thiazole rings is 1.